The van der Waals surface area contributed by atoms with Crippen LogP contribution in [-0.2, 0) is 4.79 Å². The van der Waals surface area contributed by atoms with Crippen LogP contribution in [0.25, 0.3) is 22.1 Å². The van der Waals surface area contributed by atoms with Gasteiger partial charge in [-0.05, 0) is 37.1 Å². The van der Waals surface area contributed by atoms with Gasteiger partial charge in [0.25, 0.3) is 0 Å². The van der Waals surface area contributed by atoms with Crippen LogP contribution in [0.3, 0.4) is 0 Å². The van der Waals surface area contributed by atoms with Crippen LogP contribution in [0.5, 0.6) is 5.75 Å². The average Bonchev–Trinajstić information content (AvgIpc) is 3.13. The van der Waals surface area contributed by atoms with Gasteiger partial charge in [0.2, 0.25) is 11.4 Å². The van der Waals surface area contributed by atoms with Gasteiger partial charge in [-0.15, -0.1) is 0 Å². The second kappa shape index (κ2) is 8.51. The lowest BCUT2D eigenvalue weighted by atomic mass is 10.0. The van der Waals surface area contributed by atoms with Crippen molar-refractivity contribution in [3.05, 3.63) is 69.4 Å². The van der Waals surface area contributed by atoms with Crippen molar-refractivity contribution < 1.29 is 27.1 Å². The zero-order chi connectivity index (χ0) is 24.0. The smallest absolute Gasteiger partial charge is 0.420 e. The number of likely N-dealkylation sites (tertiary alicyclic amines) is 1. The van der Waals surface area contributed by atoms with Crippen molar-refractivity contribution in [2.24, 2.45) is 0 Å². The van der Waals surface area contributed by atoms with Crippen molar-refractivity contribution in [3.8, 4) is 16.9 Å². The Morgan fingerprint density at radius 3 is 2.56 bits per heavy atom. The Balaban J connectivity index is 1.63. The van der Waals surface area contributed by atoms with Gasteiger partial charge in [0.1, 0.15) is 11.4 Å². The molecule has 2 aromatic carbocycles. The fourth-order valence-corrected chi connectivity index (χ4v) is 4.91. The molecule has 6 nitrogen and oxygen atoms in total. The van der Waals surface area contributed by atoms with Crippen LogP contribution in [0.2, 0.25) is 5.02 Å². The zero-order valence-corrected chi connectivity index (χ0v) is 18.4. The molecular weight excluding hydrogens is 473 g/mol. The molecule has 5 rings (SSSR count). The number of nitrogens with one attached hydrogen (secondary N) is 1. The van der Waals surface area contributed by atoms with Gasteiger partial charge < -0.3 is 19.4 Å². The predicted octanol–water partition coefficient (Wildman–Crippen LogP) is 4.38. The fourth-order valence-electron chi connectivity index (χ4n) is 4.65. The number of hydrogen-bond acceptors (Lipinski definition) is 6. The monoisotopic (exact) mass is 490 g/mol. The molecule has 2 unspecified atom stereocenters. The zero-order valence-electron chi connectivity index (χ0n) is 17.6. The average molecular weight is 491 g/mol. The SMILES string of the molecule is O=C=C(N1CC2CCC(C1)N2)C(F)(F)Oc1c(-c2ccc(F)cc2Cl)c2ccccc2oc1=O. The number of benzene rings is 2. The first kappa shape index (κ1) is 22.5. The Hall–Kier alpha value is -3.26. The number of rotatable bonds is 5. The molecule has 3 heterocycles. The van der Waals surface area contributed by atoms with E-state index < -0.39 is 29.0 Å². The first-order chi connectivity index (χ1) is 16.3. The fraction of sp³-hybridized carbons (Fsp3) is 0.292. The molecule has 2 fully saturated rings. The molecule has 0 amide bonds. The summed E-state index contributed by atoms with van der Waals surface area (Å²) < 4.78 is 54.7. The lowest BCUT2D eigenvalue weighted by molar-refractivity contribution is -0.158. The van der Waals surface area contributed by atoms with E-state index in [1.165, 1.54) is 29.0 Å². The molecule has 2 atom stereocenters. The van der Waals surface area contributed by atoms with Crippen molar-refractivity contribution in [2.75, 3.05) is 13.1 Å². The van der Waals surface area contributed by atoms with Crippen molar-refractivity contribution in [3.63, 3.8) is 0 Å². The van der Waals surface area contributed by atoms with E-state index in [9.17, 15) is 14.0 Å². The second-order valence-corrected chi connectivity index (χ2v) is 8.73. The summed E-state index contributed by atoms with van der Waals surface area (Å²) >= 11 is 6.21. The van der Waals surface area contributed by atoms with E-state index in [4.69, 9.17) is 20.8 Å². The highest BCUT2D eigenvalue weighted by atomic mass is 35.5. The Labute approximate surface area is 196 Å². The minimum absolute atomic E-state index is 0.0304. The molecule has 176 valence electrons. The molecular formula is C24H18ClF3N2O4. The van der Waals surface area contributed by atoms with Gasteiger partial charge in [0.15, 0.2) is 5.94 Å². The van der Waals surface area contributed by atoms with Gasteiger partial charge in [-0.3, -0.25) is 0 Å². The van der Waals surface area contributed by atoms with E-state index in [0.717, 1.165) is 25.0 Å². The third-order valence-corrected chi connectivity index (χ3v) is 6.42. The minimum atomic E-state index is -4.20. The third kappa shape index (κ3) is 3.96. The summed E-state index contributed by atoms with van der Waals surface area (Å²) in [4.78, 5) is 25.7. The summed E-state index contributed by atoms with van der Waals surface area (Å²) in [5.74, 6) is -0.172. The number of fused-ring (bicyclic) bond motifs is 3. The van der Waals surface area contributed by atoms with E-state index in [-0.39, 0.29) is 52.3 Å². The summed E-state index contributed by atoms with van der Waals surface area (Å²) in [5.41, 5.74) is -2.10. The highest BCUT2D eigenvalue weighted by molar-refractivity contribution is 6.33. The van der Waals surface area contributed by atoms with Crippen molar-refractivity contribution in [1.82, 2.24) is 10.2 Å². The van der Waals surface area contributed by atoms with Gasteiger partial charge in [-0.25, -0.2) is 14.0 Å². The summed E-state index contributed by atoms with van der Waals surface area (Å²) in [6.45, 7) is 0.367. The maximum absolute atomic E-state index is 15.4. The Bertz CT molecular complexity index is 1370. The van der Waals surface area contributed by atoms with Gasteiger partial charge >= 0.3 is 11.7 Å². The number of nitrogens with zero attached hydrogens (tertiary/aromatic N) is 1. The third-order valence-electron chi connectivity index (χ3n) is 6.11. The molecule has 2 saturated heterocycles. The molecule has 2 bridgehead atoms. The van der Waals surface area contributed by atoms with Crippen LogP contribution in [0.15, 0.2) is 57.4 Å². The first-order valence-electron chi connectivity index (χ1n) is 10.6. The summed E-state index contributed by atoms with van der Waals surface area (Å²) in [7, 11) is 0. The Morgan fingerprint density at radius 2 is 1.88 bits per heavy atom. The first-order valence-corrected chi connectivity index (χ1v) is 11.0. The predicted molar refractivity (Wildman–Crippen MR) is 119 cm³/mol. The summed E-state index contributed by atoms with van der Waals surface area (Å²) in [6, 6.07) is 9.49. The highest BCUT2D eigenvalue weighted by Gasteiger charge is 2.47. The quantitative estimate of drug-likeness (QED) is 0.423. The topological polar surface area (TPSA) is 71.8 Å². The molecule has 1 aromatic heterocycles. The summed E-state index contributed by atoms with van der Waals surface area (Å²) in [6.07, 6.45) is -2.58. The van der Waals surface area contributed by atoms with E-state index in [0.29, 0.717) is 0 Å². The number of halogens is 4. The second-order valence-electron chi connectivity index (χ2n) is 8.33. The maximum Gasteiger partial charge on any atom is 0.453 e. The van der Waals surface area contributed by atoms with Crippen LogP contribution < -0.4 is 15.7 Å². The number of hydrogen-bond donors (Lipinski definition) is 1. The van der Waals surface area contributed by atoms with Crippen molar-refractivity contribution in [1.29, 1.82) is 0 Å². The summed E-state index contributed by atoms with van der Waals surface area (Å²) in [5, 5.41) is 3.42. The number of ether oxygens (including phenoxy) is 1. The number of para-hydroxylation sites is 1. The number of carbonyl (C=O) groups excluding carboxylic acids is 1. The van der Waals surface area contributed by atoms with Crippen LogP contribution in [-0.4, -0.2) is 42.1 Å². The molecule has 3 aromatic rings. The standard InChI is InChI=1S/C24H18ClF3N2O4/c25-18-9-13(26)5-8-16(18)21-17-3-1-2-4-19(17)33-23(32)22(21)34-24(27,28)20(12-31)30-10-14-6-7-15(11-30)29-14/h1-5,8-9,14-15,29H,6-7,10-11H2. The lowest BCUT2D eigenvalue weighted by Gasteiger charge is -2.36. The molecule has 0 aliphatic carbocycles. The van der Waals surface area contributed by atoms with Crippen LogP contribution in [0.1, 0.15) is 12.8 Å². The van der Waals surface area contributed by atoms with Crippen LogP contribution >= 0.6 is 11.6 Å². The molecule has 2 aliphatic rings. The lowest BCUT2D eigenvalue weighted by Crippen LogP contribution is -2.53. The van der Waals surface area contributed by atoms with Gasteiger partial charge in [0.05, 0.1) is 5.02 Å². The molecule has 10 heteroatoms. The van der Waals surface area contributed by atoms with Crippen LogP contribution in [0.4, 0.5) is 13.2 Å². The van der Waals surface area contributed by atoms with Gasteiger partial charge in [-0.2, -0.15) is 8.78 Å². The Kier molecular flexibility index (Phi) is 5.64. The molecule has 0 radical (unpaired) electrons. The molecule has 34 heavy (non-hydrogen) atoms. The normalized spacial score (nSPS) is 19.8. The largest absolute Gasteiger partial charge is 0.453 e. The maximum atomic E-state index is 15.4. The van der Waals surface area contributed by atoms with E-state index in [1.807, 2.05) is 0 Å². The molecule has 2 aliphatic heterocycles. The Morgan fingerprint density at radius 1 is 1.18 bits per heavy atom. The number of alkyl halides is 2. The molecule has 0 saturated carbocycles. The van der Waals surface area contributed by atoms with E-state index in [2.05, 4.69) is 5.32 Å². The minimum Gasteiger partial charge on any atom is -0.420 e. The van der Waals surface area contributed by atoms with Gasteiger partial charge in [-0.1, -0.05) is 29.8 Å². The number of piperazine rings is 1. The highest BCUT2D eigenvalue weighted by Crippen LogP contribution is 2.41. The molecule has 1 N–H and O–H groups in total. The van der Waals surface area contributed by atoms with E-state index in [1.54, 1.807) is 12.1 Å². The molecule has 0 spiro atoms. The van der Waals surface area contributed by atoms with Crippen LogP contribution in [0, 0.1) is 5.82 Å². The van der Waals surface area contributed by atoms with Crippen molar-refractivity contribution in [2.45, 2.75) is 31.0 Å². The van der Waals surface area contributed by atoms with E-state index >= 15 is 8.78 Å². The van der Waals surface area contributed by atoms with Gasteiger partial charge in [0, 0.05) is 41.7 Å². The van der Waals surface area contributed by atoms with Crippen molar-refractivity contribution >= 4 is 28.5 Å².